The molecule has 1 atom stereocenters. The Morgan fingerprint density at radius 3 is 2.21 bits per heavy atom. The molecule has 14 heavy (non-hydrogen) atoms. The molecule has 0 unspecified atom stereocenters. The van der Waals surface area contributed by atoms with Crippen LogP contribution in [0.15, 0.2) is 0 Å². The van der Waals surface area contributed by atoms with E-state index >= 15 is 0 Å². The molecule has 0 heterocycles. The van der Waals surface area contributed by atoms with E-state index in [9.17, 15) is 0 Å². The summed E-state index contributed by atoms with van der Waals surface area (Å²) in [5.41, 5.74) is 0. The third-order valence-corrected chi connectivity index (χ3v) is 2.65. The summed E-state index contributed by atoms with van der Waals surface area (Å²) in [5, 5.41) is 8.70. The number of aliphatic hydroxyl groups is 1. The highest BCUT2D eigenvalue weighted by molar-refractivity contribution is 4.58. The first-order valence-corrected chi connectivity index (χ1v) is 5.98. The van der Waals surface area contributed by atoms with Crippen molar-refractivity contribution in [1.82, 2.24) is 0 Å². The molecule has 0 aromatic carbocycles. The second-order valence-electron chi connectivity index (χ2n) is 3.93. The van der Waals surface area contributed by atoms with Crippen LogP contribution in [-0.2, 0) is 4.74 Å². The van der Waals surface area contributed by atoms with E-state index in [0.29, 0.717) is 6.10 Å². The smallest absolute Gasteiger partial charge is 0.0572 e. The van der Waals surface area contributed by atoms with Crippen LogP contribution in [0.25, 0.3) is 0 Å². The highest BCUT2D eigenvalue weighted by Crippen LogP contribution is 2.12. The van der Waals surface area contributed by atoms with Crippen LogP contribution < -0.4 is 0 Å². The maximum Gasteiger partial charge on any atom is 0.0572 e. The minimum absolute atomic E-state index is 0.287. The minimum Gasteiger partial charge on any atom is -0.396 e. The van der Waals surface area contributed by atoms with E-state index in [4.69, 9.17) is 9.84 Å². The van der Waals surface area contributed by atoms with Crippen LogP contribution in [0.5, 0.6) is 0 Å². The molecular formula is C12H26O2. The van der Waals surface area contributed by atoms with E-state index in [0.717, 1.165) is 19.3 Å². The fraction of sp³-hybridized carbons (Fsp3) is 1.00. The van der Waals surface area contributed by atoms with E-state index in [1.54, 1.807) is 7.11 Å². The van der Waals surface area contributed by atoms with Gasteiger partial charge in [0.1, 0.15) is 0 Å². The third kappa shape index (κ3) is 8.52. The van der Waals surface area contributed by atoms with Crippen molar-refractivity contribution in [2.75, 3.05) is 13.7 Å². The summed E-state index contributed by atoms with van der Waals surface area (Å²) in [6.45, 7) is 2.52. The molecule has 0 amide bonds. The normalized spacial score (nSPS) is 13.1. The van der Waals surface area contributed by atoms with E-state index in [2.05, 4.69) is 6.92 Å². The minimum atomic E-state index is 0.287. The van der Waals surface area contributed by atoms with Gasteiger partial charge in [-0.1, -0.05) is 39.0 Å². The van der Waals surface area contributed by atoms with Gasteiger partial charge in [0.05, 0.1) is 6.10 Å². The van der Waals surface area contributed by atoms with Crippen LogP contribution in [0.4, 0.5) is 0 Å². The Morgan fingerprint density at radius 1 is 1.00 bits per heavy atom. The zero-order valence-corrected chi connectivity index (χ0v) is 9.80. The van der Waals surface area contributed by atoms with E-state index < -0.39 is 0 Å². The Labute approximate surface area is 88.7 Å². The fourth-order valence-corrected chi connectivity index (χ4v) is 1.67. The highest BCUT2D eigenvalue weighted by atomic mass is 16.5. The van der Waals surface area contributed by atoms with E-state index in [1.807, 2.05) is 0 Å². The van der Waals surface area contributed by atoms with Gasteiger partial charge < -0.3 is 9.84 Å². The Morgan fingerprint density at radius 2 is 1.64 bits per heavy atom. The number of methoxy groups -OCH3 is 1. The van der Waals surface area contributed by atoms with Crippen molar-refractivity contribution >= 4 is 0 Å². The summed E-state index contributed by atoms with van der Waals surface area (Å²) in [6, 6.07) is 0. The first-order chi connectivity index (χ1) is 6.85. The lowest BCUT2D eigenvalue weighted by Gasteiger charge is -2.14. The predicted molar refractivity (Wildman–Crippen MR) is 60.5 cm³/mol. The van der Waals surface area contributed by atoms with Crippen molar-refractivity contribution in [2.24, 2.45) is 0 Å². The largest absolute Gasteiger partial charge is 0.396 e. The molecule has 0 fully saturated rings. The maximum absolute atomic E-state index is 8.70. The van der Waals surface area contributed by atoms with Gasteiger partial charge in [-0.05, 0) is 19.3 Å². The number of rotatable bonds is 10. The zero-order chi connectivity index (χ0) is 10.6. The Bertz CT molecular complexity index is 104. The first-order valence-electron chi connectivity index (χ1n) is 5.98. The number of hydrogen-bond donors (Lipinski definition) is 1. The fourth-order valence-electron chi connectivity index (χ4n) is 1.67. The Balaban J connectivity index is 3.24. The summed E-state index contributed by atoms with van der Waals surface area (Å²) in [4.78, 5) is 0. The predicted octanol–water partition coefficient (Wildman–Crippen LogP) is 3.13. The molecule has 86 valence electrons. The summed E-state index contributed by atoms with van der Waals surface area (Å²) in [5.74, 6) is 0. The average molecular weight is 202 g/mol. The van der Waals surface area contributed by atoms with Gasteiger partial charge >= 0.3 is 0 Å². The second-order valence-corrected chi connectivity index (χ2v) is 3.93. The number of aliphatic hydroxyl groups excluding tert-OH is 1. The van der Waals surface area contributed by atoms with Gasteiger partial charge in [0, 0.05) is 13.7 Å². The monoisotopic (exact) mass is 202 g/mol. The van der Waals surface area contributed by atoms with Crippen molar-refractivity contribution in [3.8, 4) is 0 Å². The molecule has 0 bridgehead atoms. The quantitative estimate of drug-likeness (QED) is 0.551. The molecule has 0 saturated carbocycles. The summed E-state index contributed by atoms with van der Waals surface area (Å²) < 4.78 is 5.35. The number of hydrogen-bond acceptors (Lipinski definition) is 2. The summed E-state index contributed by atoms with van der Waals surface area (Å²) >= 11 is 0. The lowest BCUT2D eigenvalue weighted by Crippen LogP contribution is -2.10. The Kier molecular flexibility index (Phi) is 10.9. The lowest BCUT2D eigenvalue weighted by atomic mass is 10.0. The Hall–Kier alpha value is -0.0800. The molecule has 0 aliphatic rings. The summed E-state index contributed by atoms with van der Waals surface area (Å²) in [6.07, 6.45) is 9.99. The molecule has 2 nitrogen and oxygen atoms in total. The van der Waals surface area contributed by atoms with Gasteiger partial charge in [-0.3, -0.25) is 0 Å². The SMILES string of the molecule is CCCCCCC[C@@H](CCCO)OC. The number of ether oxygens (including phenoxy) is 1. The molecule has 0 rings (SSSR count). The average Bonchev–Trinajstić information content (AvgIpc) is 2.22. The van der Waals surface area contributed by atoms with Crippen LogP contribution in [0.3, 0.4) is 0 Å². The van der Waals surface area contributed by atoms with Gasteiger partial charge in [-0.15, -0.1) is 0 Å². The van der Waals surface area contributed by atoms with Crippen LogP contribution >= 0.6 is 0 Å². The molecule has 0 aliphatic heterocycles. The van der Waals surface area contributed by atoms with Crippen molar-refractivity contribution < 1.29 is 9.84 Å². The van der Waals surface area contributed by atoms with Crippen LogP contribution in [0.1, 0.15) is 58.3 Å². The van der Waals surface area contributed by atoms with Crippen molar-refractivity contribution in [3.63, 3.8) is 0 Å². The van der Waals surface area contributed by atoms with Gasteiger partial charge in [0.2, 0.25) is 0 Å². The topological polar surface area (TPSA) is 29.5 Å². The second kappa shape index (κ2) is 11.0. The molecule has 0 aliphatic carbocycles. The molecule has 0 aromatic rings. The first kappa shape index (κ1) is 13.9. The van der Waals surface area contributed by atoms with Crippen molar-refractivity contribution in [3.05, 3.63) is 0 Å². The highest BCUT2D eigenvalue weighted by Gasteiger charge is 2.05. The van der Waals surface area contributed by atoms with E-state index in [1.165, 1.54) is 32.1 Å². The van der Waals surface area contributed by atoms with Gasteiger partial charge in [-0.25, -0.2) is 0 Å². The standard InChI is InChI=1S/C12H26O2/c1-3-4-5-6-7-9-12(14-2)10-8-11-13/h12-13H,3-11H2,1-2H3/t12-/m0/s1. The van der Waals surface area contributed by atoms with Crippen LogP contribution in [-0.4, -0.2) is 24.9 Å². The van der Waals surface area contributed by atoms with Crippen LogP contribution in [0.2, 0.25) is 0 Å². The molecule has 0 spiro atoms. The molecule has 1 N–H and O–H groups in total. The third-order valence-electron chi connectivity index (χ3n) is 2.65. The summed E-state index contributed by atoms with van der Waals surface area (Å²) in [7, 11) is 1.77. The molecule has 2 heteroatoms. The molecule has 0 saturated heterocycles. The van der Waals surface area contributed by atoms with Crippen molar-refractivity contribution in [2.45, 2.75) is 64.4 Å². The van der Waals surface area contributed by atoms with Gasteiger partial charge in [0.15, 0.2) is 0 Å². The molecular weight excluding hydrogens is 176 g/mol. The maximum atomic E-state index is 8.70. The van der Waals surface area contributed by atoms with Gasteiger partial charge in [0.25, 0.3) is 0 Å². The van der Waals surface area contributed by atoms with E-state index in [-0.39, 0.29) is 6.61 Å². The molecule has 0 radical (unpaired) electrons. The van der Waals surface area contributed by atoms with Crippen molar-refractivity contribution in [1.29, 1.82) is 0 Å². The van der Waals surface area contributed by atoms with Crippen LogP contribution in [0, 0.1) is 0 Å². The number of unbranched alkanes of at least 4 members (excludes halogenated alkanes) is 4. The van der Waals surface area contributed by atoms with Gasteiger partial charge in [-0.2, -0.15) is 0 Å². The molecule has 0 aromatic heterocycles. The lowest BCUT2D eigenvalue weighted by molar-refractivity contribution is 0.0787. The zero-order valence-electron chi connectivity index (χ0n) is 9.80.